The summed E-state index contributed by atoms with van der Waals surface area (Å²) in [4.78, 5) is 11.4. The van der Waals surface area contributed by atoms with Gasteiger partial charge in [-0.25, -0.2) is 0 Å². The molecule has 4 atom stereocenters. The van der Waals surface area contributed by atoms with Gasteiger partial charge in [-0.1, -0.05) is 28.1 Å². The van der Waals surface area contributed by atoms with Crippen LogP contribution in [0, 0.1) is 17.8 Å². The van der Waals surface area contributed by atoms with Gasteiger partial charge in [0.25, 0.3) is 0 Å². The predicted octanol–water partition coefficient (Wildman–Crippen LogP) is 3.04. The number of halogens is 1. The first-order valence-electron chi connectivity index (χ1n) is 6.86. The molecule has 2 fully saturated rings. The first kappa shape index (κ1) is 13.1. The number of rotatable bonds is 4. The van der Waals surface area contributed by atoms with Crippen LogP contribution in [0.3, 0.4) is 0 Å². The maximum Gasteiger partial charge on any atom is 0.308 e. The van der Waals surface area contributed by atoms with Gasteiger partial charge in [0.2, 0.25) is 0 Å². The molecule has 3 nitrogen and oxygen atoms in total. The first-order valence-corrected chi connectivity index (χ1v) is 7.65. The van der Waals surface area contributed by atoms with Crippen molar-refractivity contribution in [1.29, 1.82) is 0 Å². The Labute approximate surface area is 121 Å². The second-order valence-electron chi connectivity index (χ2n) is 5.73. The third-order valence-electron chi connectivity index (χ3n) is 4.63. The van der Waals surface area contributed by atoms with Crippen LogP contribution in [0.4, 0.5) is 0 Å². The molecule has 0 spiro atoms. The summed E-state index contributed by atoms with van der Waals surface area (Å²) in [5.74, 6) is 0.130. The van der Waals surface area contributed by atoms with Crippen LogP contribution in [0.1, 0.15) is 24.8 Å². The third-order valence-corrected chi connectivity index (χ3v) is 5.13. The molecule has 2 bridgehead atoms. The summed E-state index contributed by atoms with van der Waals surface area (Å²) in [5, 5.41) is 12.9. The van der Waals surface area contributed by atoms with Crippen molar-refractivity contribution in [3.05, 3.63) is 34.3 Å². The van der Waals surface area contributed by atoms with Gasteiger partial charge in [0, 0.05) is 17.1 Å². The molecule has 1 aromatic rings. The molecule has 0 aliphatic heterocycles. The van der Waals surface area contributed by atoms with Gasteiger partial charge in [-0.15, -0.1) is 0 Å². The largest absolute Gasteiger partial charge is 0.481 e. The van der Waals surface area contributed by atoms with Crippen molar-refractivity contribution >= 4 is 21.9 Å². The lowest BCUT2D eigenvalue weighted by molar-refractivity contribution is -0.144. The molecular formula is C15H18BrNO2. The van der Waals surface area contributed by atoms with Crippen molar-refractivity contribution in [3.63, 3.8) is 0 Å². The summed E-state index contributed by atoms with van der Waals surface area (Å²) in [5.41, 5.74) is 1.20. The van der Waals surface area contributed by atoms with Gasteiger partial charge in [-0.05, 0) is 48.8 Å². The lowest BCUT2D eigenvalue weighted by atomic mass is 9.84. The second-order valence-corrected chi connectivity index (χ2v) is 6.65. The third kappa shape index (κ3) is 2.56. The molecule has 3 rings (SSSR count). The minimum atomic E-state index is -0.626. The molecule has 0 heterocycles. The van der Waals surface area contributed by atoms with E-state index in [9.17, 15) is 9.90 Å². The Morgan fingerprint density at radius 1 is 1.37 bits per heavy atom. The van der Waals surface area contributed by atoms with Crippen LogP contribution in [0.5, 0.6) is 0 Å². The topological polar surface area (TPSA) is 49.3 Å². The van der Waals surface area contributed by atoms with Crippen LogP contribution in [-0.4, -0.2) is 17.1 Å². The molecule has 1 aromatic carbocycles. The summed E-state index contributed by atoms with van der Waals surface area (Å²) >= 11 is 3.46. The summed E-state index contributed by atoms with van der Waals surface area (Å²) in [6.07, 6.45) is 3.37. The summed E-state index contributed by atoms with van der Waals surface area (Å²) < 4.78 is 1.06. The van der Waals surface area contributed by atoms with E-state index in [0.29, 0.717) is 11.8 Å². The van der Waals surface area contributed by atoms with Crippen LogP contribution in [0.15, 0.2) is 28.7 Å². The van der Waals surface area contributed by atoms with Gasteiger partial charge in [-0.2, -0.15) is 0 Å². The maximum absolute atomic E-state index is 11.4. The summed E-state index contributed by atoms with van der Waals surface area (Å²) in [6.45, 7) is 0.747. The van der Waals surface area contributed by atoms with Crippen molar-refractivity contribution in [3.8, 4) is 0 Å². The molecule has 4 heteroatoms. The quantitative estimate of drug-likeness (QED) is 0.895. The molecular weight excluding hydrogens is 306 g/mol. The zero-order valence-electron chi connectivity index (χ0n) is 10.7. The molecule has 4 unspecified atom stereocenters. The number of hydrogen-bond acceptors (Lipinski definition) is 2. The molecule has 19 heavy (non-hydrogen) atoms. The van der Waals surface area contributed by atoms with Gasteiger partial charge < -0.3 is 10.4 Å². The van der Waals surface area contributed by atoms with E-state index in [1.54, 1.807) is 0 Å². The van der Waals surface area contributed by atoms with Gasteiger partial charge in [0.15, 0.2) is 0 Å². The van der Waals surface area contributed by atoms with Crippen LogP contribution in [-0.2, 0) is 11.3 Å². The van der Waals surface area contributed by atoms with Gasteiger partial charge in [-0.3, -0.25) is 4.79 Å². The van der Waals surface area contributed by atoms with Crippen molar-refractivity contribution in [2.75, 3.05) is 0 Å². The average Bonchev–Trinajstić information content (AvgIpc) is 2.96. The fourth-order valence-corrected chi connectivity index (χ4v) is 4.27. The van der Waals surface area contributed by atoms with E-state index < -0.39 is 5.97 Å². The summed E-state index contributed by atoms with van der Waals surface area (Å²) in [6, 6.07) is 8.31. The van der Waals surface area contributed by atoms with E-state index in [4.69, 9.17) is 0 Å². The van der Waals surface area contributed by atoms with E-state index in [1.807, 2.05) is 12.1 Å². The molecule has 0 amide bonds. The SMILES string of the molecule is O=C(O)C1C2CCC(C2)C1NCc1cccc(Br)c1. The fraction of sp³-hybridized carbons (Fsp3) is 0.533. The monoisotopic (exact) mass is 323 g/mol. The molecule has 0 aromatic heterocycles. The predicted molar refractivity (Wildman–Crippen MR) is 76.7 cm³/mol. The Balaban J connectivity index is 1.67. The fourth-order valence-electron chi connectivity index (χ4n) is 3.82. The normalized spacial score (nSPS) is 32.7. The highest BCUT2D eigenvalue weighted by Gasteiger charge is 2.50. The zero-order chi connectivity index (χ0) is 13.4. The van der Waals surface area contributed by atoms with E-state index in [-0.39, 0.29) is 12.0 Å². The van der Waals surface area contributed by atoms with E-state index >= 15 is 0 Å². The molecule has 2 aliphatic rings. The van der Waals surface area contributed by atoms with Gasteiger partial charge >= 0.3 is 5.97 Å². The molecule has 2 saturated carbocycles. The van der Waals surface area contributed by atoms with E-state index in [1.165, 1.54) is 12.0 Å². The number of fused-ring (bicyclic) bond motifs is 2. The highest BCUT2D eigenvalue weighted by atomic mass is 79.9. The average molecular weight is 324 g/mol. The van der Waals surface area contributed by atoms with Crippen molar-refractivity contribution in [2.24, 2.45) is 17.8 Å². The molecule has 2 N–H and O–H groups in total. The molecule has 0 saturated heterocycles. The van der Waals surface area contributed by atoms with Crippen LogP contribution in [0.25, 0.3) is 0 Å². The Kier molecular flexibility index (Phi) is 3.63. The standard InChI is InChI=1S/C15H18BrNO2/c16-12-3-1-2-9(6-12)8-17-14-11-5-4-10(7-11)13(14)15(18)19/h1-3,6,10-11,13-14,17H,4-5,7-8H2,(H,18,19). The number of benzene rings is 1. The lowest BCUT2D eigenvalue weighted by Gasteiger charge is -2.29. The van der Waals surface area contributed by atoms with Crippen molar-refractivity contribution in [2.45, 2.75) is 31.8 Å². The smallest absolute Gasteiger partial charge is 0.308 e. The Morgan fingerprint density at radius 2 is 2.16 bits per heavy atom. The van der Waals surface area contributed by atoms with Crippen LogP contribution >= 0.6 is 15.9 Å². The van der Waals surface area contributed by atoms with E-state index in [2.05, 4.69) is 33.4 Å². The maximum atomic E-state index is 11.4. The minimum absolute atomic E-state index is 0.148. The number of nitrogens with one attached hydrogen (secondary N) is 1. The first-order chi connectivity index (χ1) is 9.15. The summed E-state index contributed by atoms with van der Waals surface area (Å²) in [7, 11) is 0. The van der Waals surface area contributed by atoms with Crippen LogP contribution < -0.4 is 5.32 Å². The van der Waals surface area contributed by atoms with Crippen molar-refractivity contribution in [1.82, 2.24) is 5.32 Å². The van der Waals surface area contributed by atoms with Crippen LogP contribution in [0.2, 0.25) is 0 Å². The number of aliphatic carboxylic acids is 1. The lowest BCUT2D eigenvalue weighted by Crippen LogP contribution is -2.43. The number of carboxylic acids is 1. The molecule has 102 valence electrons. The Morgan fingerprint density at radius 3 is 2.89 bits per heavy atom. The molecule has 0 radical (unpaired) electrons. The highest BCUT2D eigenvalue weighted by Crippen LogP contribution is 2.48. The highest BCUT2D eigenvalue weighted by molar-refractivity contribution is 9.10. The number of carbonyl (C=O) groups is 1. The number of carboxylic acid groups (broad SMARTS) is 1. The number of hydrogen-bond donors (Lipinski definition) is 2. The van der Waals surface area contributed by atoms with Gasteiger partial charge in [0.1, 0.15) is 0 Å². The van der Waals surface area contributed by atoms with Gasteiger partial charge in [0.05, 0.1) is 5.92 Å². The van der Waals surface area contributed by atoms with Crippen molar-refractivity contribution < 1.29 is 9.90 Å². The Bertz CT molecular complexity index is 491. The zero-order valence-corrected chi connectivity index (χ0v) is 12.3. The second kappa shape index (κ2) is 5.25. The molecule has 2 aliphatic carbocycles. The van der Waals surface area contributed by atoms with E-state index in [0.717, 1.165) is 23.9 Å². The minimum Gasteiger partial charge on any atom is -0.481 e. The Hall–Kier alpha value is -0.870.